The minimum absolute atomic E-state index is 0.398. The molecule has 0 fully saturated rings. The Bertz CT molecular complexity index is 307. The Morgan fingerprint density at radius 3 is 2.65 bits per heavy atom. The number of aryl methyl sites for hydroxylation is 1. The van der Waals surface area contributed by atoms with Crippen molar-refractivity contribution in [3.05, 3.63) is 18.0 Å². The second kappa shape index (κ2) is 7.45. The van der Waals surface area contributed by atoms with Crippen molar-refractivity contribution in [1.29, 1.82) is 0 Å². The lowest BCUT2D eigenvalue weighted by Gasteiger charge is -2.20. The third-order valence-corrected chi connectivity index (χ3v) is 3.14. The smallest absolute Gasteiger partial charge is 0.0968 e. The van der Waals surface area contributed by atoms with E-state index in [2.05, 4.69) is 30.8 Å². The monoisotopic (exact) mass is 239 g/mol. The lowest BCUT2D eigenvalue weighted by atomic mass is 10.1. The minimum Gasteiger partial charge on any atom is -0.387 e. The van der Waals surface area contributed by atoms with Gasteiger partial charge >= 0.3 is 0 Å². The van der Waals surface area contributed by atoms with E-state index in [0.29, 0.717) is 0 Å². The molecule has 0 aliphatic heterocycles. The topological polar surface area (TPSA) is 41.3 Å². The molecule has 4 heteroatoms. The van der Waals surface area contributed by atoms with E-state index in [0.717, 1.165) is 44.7 Å². The van der Waals surface area contributed by atoms with Crippen LogP contribution in [0.25, 0.3) is 0 Å². The summed E-state index contributed by atoms with van der Waals surface area (Å²) in [6.07, 6.45) is 3.19. The van der Waals surface area contributed by atoms with Gasteiger partial charge in [0, 0.05) is 19.3 Å². The molecule has 0 bridgehead atoms. The van der Waals surface area contributed by atoms with Gasteiger partial charge in [-0.25, -0.2) is 0 Å². The van der Waals surface area contributed by atoms with Gasteiger partial charge in [-0.1, -0.05) is 20.8 Å². The maximum absolute atomic E-state index is 10.2. The van der Waals surface area contributed by atoms with E-state index in [-0.39, 0.29) is 0 Å². The third-order valence-electron chi connectivity index (χ3n) is 3.14. The van der Waals surface area contributed by atoms with E-state index in [1.54, 1.807) is 6.20 Å². The summed E-state index contributed by atoms with van der Waals surface area (Å²) >= 11 is 0. The van der Waals surface area contributed by atoms with Crippen molar-refractivity contribution in [2.75, 3.05) is 19.6 Å². The van der Waals surface area contributed by atoms with Crippen molar-refractivity contribution in [1.82, 2.24) is 14.7 Å². The normalized spacial score (nSPS) is 13.2. The quantitative estimate of drug-likeness (QED) is 0.755. The molecule has 0 radical (unpaired) electrons. The van der Waals surface area contributed by atoms with Gasteiger partial charge in [-0.2, -0.15) is 5.10 Å². The van der Waals surface area contributed by atoms with Crippen molar-refractivity contribution in [2.24, 2.45) is 0 Å². The van der Waals surface area contributed by atoms with Crippen LogP contribution in [0.4, 0.5) is 0 Å². The van der Waals surface area contributed by atoms with Crippen molar-refractivity contribution in [2.45, 2.75) is 46.3 Å². The zero-order chi connectivity index (χ0) is 12.7. The fraction of sp³-hybridized carbons (Fsp3) is 0.769. The predicted octanol–water partition coefficient (Wildman–Crippen LogP) is 2.06. The molecule has 1 rings (SSSR count). The van der Waals surface area contributed by atoms with E-state index in [1.165, 1.54) is 0 Å². The fourth-order valence-corrected chi connectivity index (χ4v) is 2.02. The molecule has 0 aliphatic carbocycles. The van der Waals surface area contributed by atoms with Crippen LogP contribution >= 0.6 is 0 Å². The van der Waals surface area contributed by atoms with Crippen LogP contribution in [0.1, 0.15) is 45.4 Å². The van der Waals surface area contributed by atoms with E-state index in [1.807, 2.05) is 10.7 Å². The summed E-state index contributed by atoms with van der Waals surface area (Å²) in [5.41, 5.74) is 0.944. The zero-order valence-electron chi connectivity index (χ0n) is 11.3. The number of hydrogen-bond donors (Lipinski definition) is 1. The summed E-state index contributed by atoms with van der Waals surface area (Å²) in [6, 6.07) is 1.92. The Hall–Kier alpha value is -0.870. The second-order valence-corrected chi connectivity index (χ2v) is 4.31. The summed E-state index contributed by atoms with van der Waals surface area (Å²) in [7, 11) is 0. The molecule has 1 N–H and O–H groups in total. The molecule has 1 heterocycles. The van der Waals surface area contributed by atoms with Gasteiger partial charge in [-0.05, 0) is 32.0 Å². The summed E-state index contributed by atoms with van der Waals surface area (Å²) in [6.45, 7) is 10.3. The largest absolute Gasteiger partial charge is 0.387 e. The summed E-state index contributed by atoms with van der Waals surface area (Å²) in [4.78, 5) is 2.32. The average Bonchev–Trinajstić information content (AvgIpc) is 2.79. The van der Waals surface area contributed by atoms with Crippen LogP contribution in [0, 0.1) is 0 Å². The fourth-order valence-electron chi connectivity index (χ4n) is 2.02. The van der Waals surface area contributed by atoms with E-state index in [9.17, 15) is 5.11 Å². The van der Waals surface area contributed by atoms with Crippen molar-refractivity contribution in [3.8, 4) is 0 Å². The van der Waals surface area contributed by atoms with Crippen LogP contribution in [0.2, 0.25) is 0 Å². The van der Waals surface area contributed by atoms with Gasteiger partial charge in [0.2, 0.25) is 0 Å². The minimum atomic E-state index is -0.398. The Kier molecular flexibility index (Phi) is 6.22. The van der Waals surface area contributed by atoms with Gasteiger partial charge in [0.25, 0.3) is 0 Å². The first-order chi connectivity index (χ1) is 8.22. The number of hydrogen-bond acceptors (Lipinski definition) is 3. The molecule has 0 amide bonds. The Morgan fingerprint density at radius 1 is 1.35 bits per heavy atom. The molecule has 1 aromatic heterocycles. The average molecular weight is 239 g/mol. The first kappa shape index (κ1) is 14.2. The lowest BCUT2D eigenvalue weighted by Crippen LogP contribution is -2.25. The standard InChI is InChI=1S/C13H25N3O/c1-4-10-16-12(7-9-14-16)13(17)8-11-15(5-2)6-3/h7,9,13,17H,4-6,8,10-11H2,1-3H3. The molecule has 17 heavy (non-hydrogen) atoms. The number of aliphatic hydroxyl groups excluding tert-OH is 1. The van der Waals surface area contributed by atoms with E-state index in [4.69, 9.17) is 0 Å². The van der Waals surface area contributed by atoms with Crippen LogP contribution in [-0.2, 0) is 6.54 Å². The molecule has 4 nitrogen and oxygen atoms in total. The Morgan fingerprint density at radius 2 is 2.06 bits per heavy atom. The molecule has 0 aliphatic rings. The van der Waals surface area contributed by atoms with E-state index >= 15 is 0 Å². The first-order valence-corrected chi connectivity index (χ1v) is 6.65. The first-order valence-electron chi connectivity index (χ1n) is 6.65. The third kappa shape index (κ3) is 4.13. The van der Waals surface area contributed by atoms with Crippen molar-refractivity contribution < 1.29 is 5.11 Å². The number of aromatic nitrogens is 2. The molecule has 1 unspecified atom stereocenters. The molecular weight excluding hydrogens is 214 g/mol. The van der Waals surface area contributed by atoms with Gasteiger partial charge in [0.15, 0.2) is 0 Å². The number of nitrogens with zero attached hydrogens (tertiary/aromatic N) is 3. The van der Waals surface area contributed by atoms with Gasteiger partial charge in [-0.3, -0.25) is 4.68 Å². The number of aliphatic hydroxyl groups is 1. The highest BCUT2D eigenvalue weighted by Crippen LogP contribution is 2.16. The summed E-state index contributed by atoms with van der Waals surface area (Å²) in [5.74, 6) is 0. The van der Waals surface area contributed by atoms with Gasteiger partial charge in [0.1, 0.15) is 0 Å². The molecular formula is C13H25N3O. The second-order valence-electron chi connectivity index (χ2n) is 4.31. The van der Waals surface area contributed by atoms with Gasteiger partial charge < -0.3 is 10.0 Å². The van der Waals surface area contributed by atoms with Crippen molar-refractivity contribution >= 4 is 0 Å². The molecule has 0 saturated carbocycles. The number of rotatable bonds is 8. The van der Waals surface area contributed by atoms with Gasteiger partial charge in [0.05, 0.1) is 11.8 Å². The maximum Gasteiger partial charge on any atom is 0.0968 e. The molecule has 1 atom stereocenters. The van der Waals surface area contributed by atoms with Gasteiger partial charge in [-0.15, -0.1) is 0 Å². The van der Waals surface area contributed by atoms with Crippen LogP contribution in [0.3, 0.4) is 0 Å². The zero-order valence-corrected chi connectivity index (χ0v) is 11.3. The molecule has 0 saturated heterocycles. The molecule has 1 aromatic rings. The molecule has 98 valence electrons. The Balaban J connectivity index is 2.51. The van der Waals surface area contributed by atoms with Crippen LogP contribution < -0.4 is 0 Å². The maximum atomic E-state index is 10.2. The summed E-state index contributed by atoms with van der Waals surface area (Å²) in [5, 5.41) is 14.4. The Labute approximate surface area is 104 Å². The SMILES string of the molecule is CCCn1nccc1C(O)CCN(CC)CC. The van der Waals surface area contributed by atoms with Crippen LogP contribution in [0.5, 0.6) is 0 Å². The van der Waals surface area contributed by atoms with Crippen LogP contribution in [-0.4, -0.2) is 39.4 Å². The molecule has 0 aromatic carbocycles. The molecule has 0 spiro atoms. The van der Waals surface area contributed by atoms with Crippen molar-refractivity contribution in [3.63, 3.8) is 0 Å². The highest BCUT2D eigenvalue weighted by molar-refractivity contribution is 5.04. The lowest BCUT2D eigenvalue weighted by molar-refractivity contribution is 0.136. The van der Waals surface area contributed by atoms with E-state index < -0.39 is 6.10 Å². The predicted molar refractivity (Wildman–Crippen MR) is 69.9 cm³/mol. The highest BCUT2D eigenvalue weighted by atomic mass is 16.3. The summed E-state index contributed by atoms with van der Waals surface area (Å²) < 4.78 is 1.91. The van der Waals surface area contributed by atoms with Crippen LogP contribution in [0.15, 0.2) is 12.3 Å². The highest BCUT2D eigenvalue weighted by Gasteiger charge is 2.13.